The van der Waals surface area contributed by atoms with Crippen LogP contribution in [0.3, 0.4) is 0 Å². The maximum absolute atomic E-state index is 13.8. The number of alkyl halides is 2. The molecule has 0 spiro atoms. The molecule has 88 valence electrons. The number of halogens is 2. The largest absolute Gasteiger partial charge is 0.317 e. The van der Waals surface area contributed by atoms with Crippen molar-refractivity contribution in [2.45, 2.75) is 25.2 Å². The van der Waals surface area contributed by atoms with Crippen LogP contribution in [0.1, 0.15) is 19.3 Å². The zero-order valence-corrected chi connectivity index (χ0v) is 9.31. The number of nitrogens with zero attached hydrogens (tertiary/aromatic N) is 1. The minimum absolute atomic E-state index is 0.0540. The molecule has 2 rings (SSSR count). The van der Waals surface area contributed by atoms with E-state index in [4.69, 9.17) is 0 Å². The van der Waals surface area contributed by atoms with E-state index in [1.165, 1.54) is 0 Å². The summed E-state index contributed by atoms with van der Waals surface area (Å²) in [5.41, 5.74) is 0. The van der Waals surface area contributed by atoms with Gasteiger partial charge in [0.05, 0.1) is 6.54 Å². The number of nitrogens with one attached hydrogen (secondary N) is 1. The second-order valence-electron chi connectivity index (χ2n) is 4.98. The molecule has 0 aromatic carbocycles. The summed E-state index contributed by atoms with van der Waals surface area (Å²) in [6.07, 6.45) is 2.50. The quantitative estimate of drug-likeness (QED) is 0.718. The van der Waals surface area contributed by atoms with Gasteiger partial charge in [-0.25, -0.2) is 8.78 Å². The Morgan fingerprint density at radius 3 is 2.47 bits per heavy atom. The minimum atomic E-state index is -2.48. The number of likely N-dealkylation sites (tertiary alicyclic amines) is 1. The fourth-order valence-corrected chi connectivity index (χ4v) is 2.95. The molecule has 2 saturated heterocycles. The van der Waals surface area contributed by atoms with Gasteiger partial charge in [-0.05, 0) is 51.9 Å². The van der Waals surface area contributed by atoms with Gasteiger partial charge in [-0.15, -0.1) is 0 Å². The lowest BCUT2D eigenvalue weighted by Gasteiger charge is -2.41. The summed E-state index contributed by atoms with van der Waals surface area (Å²) in [7, 11) is 1.78. The van der Waals surface area contributed by atoms with Crippen molar-refractivity contribution in [3.05, 3.63) is 0 Å². The zero-order valence-electron chi connectivity index (χ0n) is 9.31. The van der Waals surface area contributed by atoms with Crippen molar-refractivity contribution >= 4 is 0 Å². The Labute approximate surface area is 90.0 Å². The van der Waals surface area contributed by atoms with Crippen molar-refractivity contribution in [2.75, 3.05) is 33.2 Å². The normalized spacial score (nSPS) is 34.2. The predicted octanol–water partition coefficient (Wildman–Crippen LogP) is 1.57. The third kappa shape index (κ3) is 2.48. The highest BCUT2D eigenvalue weighted by Gasteiger charge is 2.47. The molecule has 0 aliphatic carbocycles. The standard InChI is InChI=1S/C11H20F2N2/c1-15-7-4-10(11(12,13)8-15)9-2-5-14-6-3-9/h9-10,14H,2-8H2,1H3. The Morgan fingerprint density at radius 2 is 1.87 bits per heavy atom. The van der Waals surface area contributed by atoms with Crippen LogP contribution in [-0.4, -0.2) is 44.0 Å². The number of hydrogen-bond acceptors (Lipinski definition) is 2. The smallest absolute Gasteiger partial charge is 0.263 e. The van der Waals surface area contributed by atoms with Crippen LogP contribution in [0, 0.1) is 11.8 Å². The number of hydrogen-bond donors (Lipinski definition) is 1. The van der Waals surface area contributed by atoms with Crippen LogP contribution in [0.15, 0.2) is 0 Å². The molecule has 2 nitrogen and oxygen atoms in total. The monoisotopic (exact) mass is 218 g/mol. The van der Waals surface area contributed by atoms with Crippen molar-refractivity contribution in [1.82, 2.24) is 10.2 Å². The zero-order chi connectivity index (χ0) is 10.9. The molecule has 2 heterocycles. The molecule has 1 unspecified atom stereocenters. The maximum Gasteiger partial charge on any atom is 0.263 e. The van der Waals surface area contributed by atoms with Gasteiger partial charge in [-0.3, -0.25) is 0 Å². The van der Waals surface area contributed by atoms with Gasteiger partial charge >= 0.3 is 0 Å². The summed E-state index contributed by atoms with van der Waals surface area (Å²) in [6, 6.07) is 0. The SMILES string of the molecule is CN1CCC(C2CCNCC2)C(F)(F)C1. The van der Waals surface area contributed by atoms with Crippen molar-refractivity contribution in [3.63, 3.8) is 0 Å². The Kier molecular flexibility index (Phi) is 3.26. The molecule has 2 aliphatic rings. The Balaban J connectivity index is 2.00. The molecule has 0 saturated carbocycles. The lowest BCUT2D eigenvalue weighted by Crippen LogP contribution is -2.50. The fraction of sp³-hybridized carbons (Fsp3) is 1.00. The molecule has 0 aromatic heterocycles. The predicted molar refractivity (Wildman–Crippen MR) is 56.1 cm³/mol. The molecule has 0 bridgehead atoms. The summed E-state index contributed by atoms with van der Waals surface area (Å²) >= 11 is 0. The lowest BCUT2D eigenvalue weighted by atomic mass is 9.77. The van der Waals surface area contributed by atoms with Gasteiger partial charge in [0.25, 0.3) is 5.92 Å². The van der Waals surface area contributed by atoms with Gasteiger partial charge in [0.15, 0.2) is 0 Å². The average Bonchev–Trinajstić information content (AvgIpc) is 2.17. The maximum atomic E-state index is 13.8. The first-order chi connectivity index (χ1) is 7.09. The molecule has 2 aliphatic heterocycles. The van der Waals surface area contributed by atoms with E-state index in [1.807, 2.05) is 0 Å². The van der Waals surface area contributed by atoms with Crippen LogP contribution in [0.2, 0.25) is 0 Å². The molecule has 1 N–H and O–H groups in total. The van der Waals surface area contributed by atoms with Crippen LogP contribution in [-0.2, 0) is 0 Å². The van der Waals surface area contributed by atoms with Crippen LogP contribution >= 0.6 is 0 Å². The van der Waals surface area contributed by atoms with E-state index in [2.05, 4.69) is 5.32 Å². The topological polar surface area (TPSA) is 15.3 Å². The summed E-state index contributed by atoms with van der Waals surface area (Å²) in [6.45, 7) is 2.59. The highest BCUT2D eigenvalue weighted by atomic mass is 19.3. The fourth-order valence-electron chi connectivity index (χ4n) is 2.95. The van der Waals surface area contributed by atoms with Gasteiger partial charge in [0.1, 0.15) is 0 Å². The van der Waals surface area contributed by atoms with Gasteiger partial charge in [-0.2, -0.15) is 0 Å². The molecule has 1 atom stereocenters. The molecule has 0 radical (unpaired) electrons. The van der Waals surface area contributed by atoms with Gasteiger partial charge in [0.2, 0.25) is 0 Å². The minimum Gasteiger partial charge on any atom is -0.317 e. The van der Waals surface area contributed by atoms with E-state index in [0.29, 0.717) is 6.42 Å². The summed E-state index contributed by atoms with van der Waals surface area (Å²) in [5, 5.41) is 3.23. The lowest BCUT2D eigenvalue weighted by molar-refractivity contribution is -0.127. The van der Waals surface area contributed by atoms with E-state index >= 15 is 0 Å². The second kappa shape index (κ2) is 4.34. The summed E-state index contributed by atoms with van der Waals surface area (Å²) < 4.78 is 27.7. The first-order valence-corrected chi connectivity index (χ1v) is 5.87. The Bertz CT molecular complexity index is 215. The van der Waals surface area contributed by atoms with Gasteiger partial charge in [0, 0.05) is 5.92 Å². The van der Waals surface area contributed by atoms with E-state index in [0.717, 1.165) is 32.5 Å². The Morgan fingerprint density at radius 1 is 1.20 bits per heavy atom. The highest BCUT2D eigenvalue weighted by molar-refractivity contribution is 4.90. The Hall–Kier alpha value is -0.220. The third-order valence-electron chi connectivity index (χ3n) is 3.80. The van der Waals surface area contributed by atoms with E-state index < -0.39 is 5.92 Å². The average molecular weight is 218 g/mol. The van der Waals surface area contributed by atoms with Gasteiger partial charge < -0.3 is 10.2 Å². The first kappa shape index (κ1) is 11.3. The van der Waals surface area contributed by atoms with Crippen molar-refractivity contribution in [2.24, 2.45) is 11.8 Å². The number of rotatable bonds is 1. The first-order valence-electron chi connectivity index (χ1n) is 5.87. The summed E-state index contributed by atoms with van der Waals surface area (Å²) in [4.78, 5) is 1.75. The molecule has 15 heavy (non-hydrogen) atoms. The van der Waals surface area contributed by atoms with Crippen LogP contribution in [0.4, 0.5) is 8.78 Å². The van der Waals surface area contributed by atoms with Crippen molar-refractivity contribution in [3.8, 4) is 0 Å². The molecule has 0 amide bonds. The number of piperidine rings is 2. The van der Waals surface area contributed by atoms with E-state index in [-0.39, 0.29) is 18.4 Å². The van der Waals surface area contributed by atoms with Crippen molar-refractivity contribution < 1.29 is 8.78 Å². The summed E-state index contributed by atoms with van der Waals surface area (Å²) in [5.74, 6) is -2.62. The van der Waals surface area contributed by atoms with Gasteiger partial charge in [-0.1, -0.05) is 0 Å². The molecule has 2 fully saturated rings. The van der Waals surface area contributed by atoms with E-state index in [9.17, 15) is 8.78 Å². The van der Waals surface area contributed by atoms with Crippen LogP contribution in [0.25, 0.3) is 0 Å². The molecule has 4 heteroatoms. The van der Waals surface area contributed by atoms with Crippen molar-refractivity contribution in [1.29, 1.82) is 0 Å². The highest BCUT2D eigenvalue weighted by Crippen LogP contribution is 2.40. The molecule has 0 aromatic rings. The van der Waals surface area contributed by atoms with Crippen LogP contribution in [0.5, 0.6) is 0 Å². The molecular formula is C11H20F2N2. The van der Waals surface area contributed by atoms with E-state index in [1.54, 1.807) is 11.9 Å². The second-order valence-corrected chi connectivity index (χ2v) is 4.98. The molecular weight excluding hydrogens is 198 g/mol. The van der Waals surface area contributed by atoms with Crippen LogP contribution < -0.4 is 5.32 Å². The third-order valence-corrected chi connectivity index (χ3v) is 3.80.